The van der Waals surface area contributed by atoms with Crippen molar-refractivity contribution in [3.63, 3.8) is 0 Å². The fraction of sp³-hybridized carbons (Fsp3) is 0.150. The number of carboxylic acids is 1. The van der Waals surface area contributed by atoms with Crippen molar-refractivity contribution < 1.29 is 24.5 Å². The first-order chi connectivity index (χ1) is 13.9. The van der Waals surface area contributed by atoms with E-state index >= 15 is 0 Å². The zero-order valence-electron chi connectivity index (χ0n) is 15.4. The topological polar surface area (TPSA) is 114 Å². The van der Waals surface area contributed by atoms with Gasteiger partial charge in [0.15, 0.2) is 5.69 Å². The lowest BCUT2D eigenvalue weighted by molar-refractivity contribution is -0.137. The predicted molar refractivity (Wildman–Crippen MR) is 106 cm³/mol. The Morgan fingerprint density at radius 1 is 1.21 bits per heavy atom. The zero-order valence-corrected chi connectivity index (χ0v) is 16.1. The Morgan fingerprint density at radius 2 is 1.97 bits per heavy atom. The zero-order chi connectivity index (χ0) is 21.0. The molecule has 0 unspecified atom stereocenters. The number of carbonyl (C=O) groups excluding carboxylic acids is 1. The summed E-state index contributed by atoms with van der Waals surface area (Å²) in [4.78, 5) is 24.0. The number of aromatic hydroxyl groups is 1. The van der Waals surface area contributed by atoms with Crippen molar-refractivity contribution in [2.45, 2.75) is 12.5 Å². The van der Waals surface area contributed by atoms with Crippen molar-refractivity contribution in [2.24, 2.45) is 0 Å². The van der Waals surface area contributed by atoms with Crippen molar-refractivity contribution in [2.75, 3.05) is 7.11 Å². The number of aliphatic carboxylic acids is 1. The molecule has 0 fully saturated rings. The number of benzene rings is 2. The van der Waals surface area contributed by atoms with Crippen LogP contribution in [0, 0.1) is 0 Å². The number of aromatic nitrogens is 2. The molecule has 0 saturated carbocycles. The van der Waals surface area contributed by atoms with E-state index in [2.05, 4.69) is 10.4 Å². The van der Waals surface area contributed by atoms with Gasteiger partial charge in [-0.15, -0.1) is 0 Å². The minimum atomic E-state index is -1.08. The number of hydrogen-bond donors (Lipinski definition) is 3. The van der Waals surface area contributed by atoms with Crippen molar-refractivity contribution >= 4 is 23.5 Å². The highest BCUT2D eigenvalue weighted by molar-refractivity contribution is 6.32. The number of halogens is 1. The minimum absolute atomic E-state index is 0.0827. The molecule has 0 bridgehead atoms. The van der Waals surface area contributed by atoms with Gasteiger partial charge in [0.1, 0.15) is 5.75 Å². The molecule has 2 aromatic carbocycles. The SMILES string of the molecule is COc1cccc([C@H](CC(=O)O)NC(=O)c2cc(O)n(-c3ccccc3Cl)n2)c1. The van der Waals surface area contributed by atoms with Crippen LogP contribution in [0.25, 0.3) is 5.69 Å². The van der Waals surface area contributed by atoms with Crippen LogP contribution in [0.4, 0.5) is 0 Å². The average molecular weight is 416 g/mol. The van der Waals surface area contributed by atoms with Crippen molar-refractivity contribution in [3.8, 4) is 17.3 Å². The second-order valence-electron chi connectivity index (χ2n) is 6.15. The summed E-state index contributed by atoms with van der Waals surface area (Å²) in [5, 5.41) is 26.5. The van der Waals surface area contributed by atoms with Gasteiger partial charge in [0.05, 0.1) is 30.3 Å². The van der Waals surface area contributed by atoms with Crippen LogP contribution in [0.1, 0.15) is 28.5 Å². The largest absolute Gasteiger partial charge is 0.497 e. The second kappa shape index (κ2) is 8.66. The molecular formula is C20H18ClN3O5. The molecule has 0 spiro atoms. The van der Waals surface area contributed by atoms with Gasteiger partial charge in [-0.2, -0.15) is 9.78 Å². The standard InChI is InChI=1S/C20H18ClN3O5/c1-29-13-6-4-5-12(9-13)15(11-19(26)27)22-20(28)16-10-18(25)24(23-16)17-8-3-2-7-14(17)21/h2-10,15,25H,11H2,1H3,(H,22,28)(H,26,27)/t15-/m0/s1. The highest BCUT2D eigenvalue weighted by Gasteiger charge is 2.22. The van der Waals surface area contributed by atoms with Gasteiger partial charge in [-0.25, -0.2) is 0 Å². The number of nitrogens with one attached hydrogen (secondary N) is 1. The van der Waals surface area contributed by atoms with Crippen LogP contribution in [0.2, 0.25) is 5.02 Å². The predicted octanol–water partition coefficient (Wildman–Crippen LogP) is 3.19. The third kappa shape index (κ3) is 4.67. The molecular weight excluding hydrogens is 398 g/mol. The van der Waals surface area contributed by atoms with E-state index in [9.17, 15) is 19.8 Å². The molecule has 0 aliphatic carbocycles. The van der Waals surface area contributed by atoms with Crippen molar-refractivity contribution in [1.82, 2.24) is 15.1 Å². The lowest BCUT2D eigenvalue weighted by Crippen LogP contribution is -2.30. The van der Waals surface area contributed by atoms with E-state index in [1.165, 1.54) is 13.2 Å². The maximum atomic E-state index is 12.7. The Balaban J connectivity index is 1.87. The van der Waals surface area contributed by atoms with E-state index < -0.39 is 17.9 Å². The van der Waals surface area contributed by atoms with Crippen LogP contribution in [0.15, 0.2) is 54.6 Å². The van der Waals surface area contributed by atoms with Gasteiger partial charge >= 0.3 is 5.97 Å². The monoisotopic (exact) mass is 415 g/mol. The maximum Gasteiger partial charge on any atom is 0.305 e. The van der Waals surface area contributed by atoms with Crippen LogP contribution in [-0.2, 0) is 4.79 Å². The molecule has 9 heteroatoms. The Kier molecular flexibility index (Phi) is 6.04. The summed E-state index contributed by atoms with van der Waals surface area (Å²) in [6.07, 6.45) is -0.337. The molecule has 0 radical (unpaired) electrons. The van der Waals surface area contributed by atoms with E-state index in [4.69, 9.17) is 16.3 Å². The fourth-order valence-corrected chi connectivity index (χ4v) is 3.02. The Labute approximate surface area is 171 Å². The Morgan fingerprint density at radius 3 is 2.66 bits per heavy atom. The summed E-state index contributed by atoms with van der Waals surface area (Å²) in [7, 11) is 1.49. The van der Waals surface area contributed by atoms with Gasteiger partial charge in [-0.1, -0.05) is 35.9 Å². The number of methoxy groups -OCH3 is 1. The lowest BCUT2D eigenvalue weighted by atomic mass is 10.0. The summed E-state index contributed by atoms with van der Waals surface area (Å²) < 4.78 is 6.29. The second-order valence-corrected chi connectivity index (χ2v) is 6.56. The van der Waals surface area contributed by atoms with E-state index in [0.717, 1.165) is 4.68 Å². The Bertz CT molecular complexity index is 1050. The smallest absolute Gasteiger partial charge is 0.305 e. The summed E-state index contributed by atoms with van der Waals surface area (Å²) >= 11 is 6.12. The van der Waals surface area contributed by atoms with Gasteiger partial charge < -0.3 is 20.3 Å². The van der Waals surface area contributed by atoms with Gasteiger partial charge in [0, 0.05) is 6.07 Å². The molecule has 0 aliphatic heterocycles. The summed E-state index contributed by atoms with van der Waals surface area (Å²) in [6, 6.07) is 13.8. The number of para-hydroxylation sites is 1. The summed E-state index contributed by atoms with van der Waals surface area (Å²) in [5.74, 6) is -1.46. The number of carboxylic acid groups (broad SMARTS) is 1. The van der Waals surface area contributed by atoms with Gasteiger partial charge in [-0.3, -0.25) is 9.59 Å². The number of hydrogen-bond acceptors (Lipinski definition) is 5. The lowest BCUT2D eigenvalue weighted by Gasteiger charge is -2.17. The third-order valence-corrected chi connectivity index (χ3v) is 4.50. The molecule has 1 atom stereocenters. The van der Waals surface area contributed by atoms with E-state index in [1.54, 1.807) is 48.5 Å². The van der Waals surface area contributed by atoms with Crippen molar-refractivity contribution in [3.05, 3.63) is 70.9 Å². The molecule has 3 N–H and O–H groups in total. The van der Waals surface area contributed by atoms with Crippen molar-refractivity contribution in [1.29, 1.82) is 0 Å². The van der Waals surface area contributed by atoms with Gasteiger partial charge in [0.2, 0.25) is 5.88 Å². The van der Waals surface area contributed by atoms with E-state index in [0.29, 0.717) is 22.0 Å². The van der Waals surface area contributed by atoms with Crippen LogP contribution in [-0.4, -0.2) is 39.0 Å². The van der Waals surface area contributed by atoms with E-state index in [1.807, 2.05) is 0 Å². The summed E-state index contributed by atoms with van der Waals surface area (Å²) in [6.45, 7) is 0. The highest BCUT2D eigenvalue weighted by atomic mass is 35.5. The first-order valence-electron chi connectivity index (χ1n) is 8.59. The van der Waals surface area contributed by atoms with Crippen LogP contribution in [0.3, 0.4) is 0 Å². The molecule has 3 aromatic rings. The number of ether oxygens (including phenoxy) is 1. The molecule has 3 rings (SSSR count). The minimum Gasteiger partial charge on any atom is -0.497 e. The van der Waals surface area contributed by atoms with Crippen LogP contribution in [0.5, 0.6) is 11.6 Å². The average Bonchev–Trinajstić information content (AvgIpc) is 3.09. The molecule has 29 heavy (non-hydrogen) atoms. The molecule has 150 valence electrons. The first kappa shape index (κ1) is 20.2. The van der Waals surface area contributed by atoms with E-state index in [-0.39, 0.29) is 18.0 Å². The third-order valence-electron chi connectivity index (χ3n) is 4.18. The normalized spacial score (nSPS) is 11.7. The maximum absolute atomic E-state index is 12.7. The molecule has 1 heterocycles. The van der Waals surface area contributed by atoms with Gasteiger partial charge in [0.25, 0.3) is 5.91 Å². The first-order valence-corrected chi connectivity index (χ1v) is 8.97. The molecule has 1 aromatic heterocycles. The number of carbonyl (C=O) groups is 2. The Hall–Kier alpha value is -3.52. The number of nitrogens with zero attached hydrogens (tertiary/aromatic N) is 2. The summed E-state index contributed by atoms with van der Waals surface area (Å²) in [5.41, 5.74) is 0.885. The van der Waals surface area contributed by atoms with Crippen LogP contribution < -0.4 is 10.1 Å². The molecule has 0 aliphatic rings. The molecule has 8 nitrogen and oxygen atoms in total. The number of rotatable bonds is 7. The fourth-order valence-electron chi connectivity index (χ4n) is 2.80. The highest BCUT2D eigenvalue weighted by Crippen LogP contribution is 2.26. The quantitative estimate of drug-likeness (QED) is 0.546. The molecule has 1 amide bonds. The number of amides is 1. The van der Waals surface area contributed by atoms with Crippen LogP contribution >= 0.6 is 11.6 Å². The molecule has 0 saturated heterocycles. The van der Waals surface area contributed by atoms with Gasteiger partial charge in [-0.05, 0) is 29.8 Å².